The van der Waals surface area contributed by atoms with Gasteiger partial charge in [-0.05, 0) is 26.7 Å². The summed E-state index contributed by atoms with van der Waals surface area (Å²) in [7, 11) is 1.60. The minimum Gasteiger partial charge on any atom is -0.409 e. The summed E-state index contributed by atoms with van der Waals surface area (Å²) in [6.07, 6.45) is 3.08. The summed E-state index contributed by atoms with van der Waals surface area (Å²) < 4.78 is 5.24. The molecule has 0 unspecified atom stereocenters. The summed E-state index contributed by atoms with van der Waals surface area (Å²) in [5, 5.41) is 14.7. The highest BCUT2D eigenvalue weighted by Crippen LogP contribution is 2.38. The number of hydrogen-bond donors (Lipinski definition) is 3. The van der Waals surface area contributed by atoms with Crippen molar-refractivity contribution in [1.29, 1.82) is 0 Å². The van der Waals surface area contributed by atoms with Crippen LogP contribution in [0.3, 0.4) is 0 Å². The van der Waals surface area contributed by atoms with E-state index in [9.17, 15) is 4.79 Å². The Kier molecular flexibility index (Phi) is 4.56. The summed E-state index contributed by atoms with van der Waals surface area (Å²) in [5.74, 6) is -0.173. The molecule has 1 fully saturated rings. The molecule has 6 heteroatoms. The van der Waals surface area contributed by atoms with Crippen molar-refractivity contribution in [1.82, 2.24) is 5.32 Å². The highest BCUT2D eigenvalue weighted by atomic mass is 16.5. The summed E-state index contributed by atoms with van der Waals surface area (Å²) in [6, 6.07) is 0. The van der Waals surface area contributed by atoms with Crippen LogP contribution in [0.5, 0.6) is 0 Å². The lowest BCUT2D eigenvalue weighted by atomic mass is 9.83. The summed E-state index contributed by atoms with van der Waals surface area (Å²) >= 11 is 0. The molecular weight excluding hydrogens is 234 g/mol. The molecule has 0 aromatic rings. The number of amidine groups is 1. The molecule has 1 amide bonds. The van der Waals surface area contributed by atoms with E-state index >= 15 is 0 Å². The molecule has 0 aromatic carbocycles. The maximum absolute atomic E-state index is 12.3. The van der Waals surface area contributed by atoms with Gasteiger partial charge in [-0.2, -0.15) is 0 Å². The molecular formula is C12H23N3O3. The van der Waals surface area contributed by atoms with Crippen LogP contribution in [0.25, 0.3) is 0 Å². The lowest BCUT2D eigenvalue weighted by Crippen LogP contribution is -2.51. The first-order valence-electron chi connectivity index (χ1n) is 6.19. The van der Waals surface area contributed by atoms with Gasteiger partial charge in [-0.15, -0.1) is 0 Å². The van der Waals surface area contributed by atoms with Crippen LogP contribution in [-0.4, -0.2) is 36.2 Å². The number of hydrogen-bond acceptors (Lipinski definition) is 4. The zero-order valence-electron chi connectivity index (χ0n) is 11.3. The second-order valence-corrected chi connectivity index (χ2v) is 5.42. The number of nitrogens with zero attached hydrogens (tertiary/aromatic N) is 1. The predicted octanol–water partition coefficient (Wildman–Crippen LogP) is 0.834. The molecule has 0 radical (unpaired) electrons. The van der Waals surface area contributed by atoms with Gasteiger partial charge in [0.1, 0.15) is 5.41 Å². The van der Waals surface area contributed by atoms with Crippen LogP contribution < -0.4 is 11.1 Å². The molecule has 104 valence electrons. The Morgan fingerprint density at radius 2 is 2.06 bits per heavy atom. The number of methoxy groups -OCH3 is 1. The third kappa shape index (κ3) is 2.93. The largest absolute Gasteiger partial charge is 0.409 e. The zero-order chi connectivity index (χ0) is 13.8. The number of amides is 1. The highest BCUT2D eigenvalue weighted by molar-refractivity contribution is 6.07. The second kappa shape index (κ2) is 5.56. The lowest BCUT2D eigenvalue weighted by molar-refractivity contribution is -0.128. The Morgan fingerprint density at radius 1 is 1.50 bits per heavy atom. The molecule has 0 aliphatic heterocycles. The van der Waals surface area contributed by atoms with Crippen molar-refractivity contribution in [2.24, 2.45) is 16.3 Å². The van der Waals surface area contributed by atoms with E-state index in [0.717, 1.165) is 12.8 Å². The smallest absolute Gasteiger partial charge is 0.234 e. The molecule has 6 nitrogen and oxygen atoms in total. The van der Waals surface area contributed by atoms with Crippen LogP contribution in [0.4, 0.5) is 0 Å². The Hall–Kier alpha value is -1.30. The first-order valence-corrected chi connectivity index (χ1v) is 6.19. The third-order valence-electron chi connectivity index (χ3n) is 3.72. The van der Waals surface area contributed by atoms with Crippen molar-refractivity contribution in [2.45, 2.75) is 45.1 Å². The molecule has 4 N–H and O–H groups in total. The van der Waals surface area contributed by atoms with Crippen molar-refractivity contribution in [3.63, 3.8) is 0 Å². The van der Waals surface area contributed by atoms with Gasteiger partial charge >= 0.3 is 0 Å². The van der Waals surface area contributed by atoms with Crippen LogP contribution in [0.2, 0.25) is 0 Å². The minimum atomic E-state index is -0.849. The van der Waals surface area contributed by atoms with Crippen LogP contribution in [0, 0.1) is 5.41 Å². The van der Waals surface area contributed by atoms with Crippen molar-refractivity contribution < 1.29 is 14.7 Å². The first kappa shape index (κ1) is 14.8. The molecule has 0 bridgehead atoms. The number of carbonyl (C=O) groups excluding carboxylic acids is 1. The number of ether oxygens (including phenoxy) is 1. The van der Waals surface area contributed by atoms with Gasteiger partial charge < -0.3 is 21.0 Å². The SMILES string of the molecule is COC(C)(C)CNC(=O)C1(C(N)=NO)CCCC1. The summed E-state index contributed by atoms with van der Waals surface area (Å²) in [5.41, 5.74) is 4.42. The zero-order valence-corrected chi connectivity index (χ0v) is 11.3. The average Bonchev–Trinajstić information content (AvgIpc) is 2.85. The molecule has 1 aliphatic rings. The second-order valence-electron chi connectivity index (χ2n) is 5.42. The number of nitrogens with two attached hydrogens (primary N) is 1. The molecule has 0 saturated heterocycles. The van der Waals surface area contributed by atoms with Gasteiger partial charge in [0, 0.05) is 13.7 Å². The van der Waals surface area contributed by atoms with Crippen LogP contribution in [-0.2, 0) is 9.53 Å². The number of carbonyl (C=O) groups is 1. The van der Waals surface area contributed by atoms with E-state index in [0.29, 0.717) is 19.4 Å². The van der Waals surface area contributed by atoms with E-state index in [1.165, 1.54) is 0 Å². The highest BCUT2D eigenvalue weighted by Gasteiger charge is 2.45. The first-order chi connectivity index (χ1) is 8.38. The number of nitrogens with one attached hydrogen (secondary N) is 1. The predicted molar refractivity (Wildman–Crippen MR) is 68.4 cm³/mol. The van der Waals surface area contributed by atoms with Gasteiger partial charge in [-0.1, -0.05) is 18.0 Å². The van der Waals surface area contributed by atoms with Gasteiger partial charge in [0.25, 0.3) is 0 Å². The van der Waals surface area contributed by atoms with Gasteiger partial charge in [0.05, 0.1) is 5.60 Å². The Balaban J connectivity index is 2.74. The van der Waals surface area contributed by atoms with Crippen LogP contribution in [0.1, 0.15) is 39.5 Å². The Labute approximate surface area is 108 Å². The number of rotatable bonds is 5. The van der Waals surface area contributed by atoms with Gasteiger partial charge in [-0.3, -0.25) is 4.79 Å². The van der Waals surface area contributed by atoms with E-state index in [2.05, 4.69) is 10.5 Å². The number of oxime groups is 1. The van der Waals surface area contributed by atoms with E-state index in [1.807, 2.05) is 13.8 Å². The Bertz CT molecular complexity index is 333. The summed E-state index contributed by atoms with van der Waals surface area (Å²) in [4.78, 5) is 12.3. The quantitative estimate of drug-likeness (QED) is 0.294. The maximum atomic E-state index is 12.3. The van der Waals surface area contributed by atoms with Gasteiger partial charge in [0.15, 0.2) is 5.84 Å². The minimum absolute atomic E-state index is 0.00715. The molecule has 1 aliphatic carbocycles. The van der Waals surface area contributed by atoms with E-state index in [-0.39, 0.29) is 11.7 Å². The fraction of sp³-hybridized carbons (Fsp3) is 0.833. The fourth-order valence-corrected chi connectivity index (χ4v) is 2.21. The van der Waals surface area contributed by atoms with Gasteiger partial charge in [0.2, 0.25) is 5.91 Å². The normalized spacial score (nSPS) is 19.8. The van der Waals surface area contributed by atoms with Crippen LogP contribution in [0.15, 0.2) is 5.16 Å². The fourth-order valence-electron chi connectivity index (χ4n) is 2.21. The topological polar surface area (TPSA) is 96.9 Å². The maximum Gasteiger partial charge on any atom is 0.234 e. The molecule has 1 saturated carbocycles. The molecule has 1 rings (SSSR count). The van der Waals surface area contributed by atoms with Crippen molar-refractivity contribution in [3.05, 3.63) is 0 Å². The standard InChI is InChI=1S/C12H23N3O3/c1-11(2,18-3)8-14-10(16)12(9(13)15-17)6-4-5-7-12/h17H,4-8H2,1-3H3,(H2,13,15)(H,14,16). The average molecular weight is 257 g/mol. The van der Waals surface area contributed by atoms with Gasteiger partial charge in [-0.25, -0.2) is 0 Å². The third-order valence-corrected chi connectivity index (χ3v) is 3.72. The monoisotopic (exact) mass is 257 g/mol. The lowest BCUT2D eigenvalue weighted by Gasteiger charge is -2.29. The molecule has 0 atom stereocenters. The van der Waals surface area contributed by atoms with E-state index < -0.39 is 11.0 Å². The molecule has 0 spiro atoms. The van der Waals surface area contributed by atoms with Crippen molar-refractivity contribution in [2.75, 3.05) is 13.7 Å². The van der Waals surface area contributed by atoms with E-state index in [4.69, 9.17) is 15.7 Å². The van der Waals surface area contributed by atoms with Crippen LogP contribution >= 0.6 is 0 Å². The molecule has 0 heterocycles. The molecule has 0 aromatic heterocycles. The molecule has 18 heavy (non-hydrogen) atoms. The van der Waals surface area contributed by atoms with Crippen molar-refractivity contribution in [3.8, 4) is 0 Å². The van der Waals surface area contributed by atoms with E-state index in [1.54, 1.807) is 7.11 Å². The summed E-state index contributed by atoms with van der Waals surface area (Å²) in [6.45, 7) is 4.17. The van der Waals surface area contributed by atoms with Crippen molar-refractivity contribution >= 4 is 11.7 Å². The Morgan fingerprint density at radius 3 is 2.50 bits per heavy atom.